The maximum atomic E-state index is 11.8. The fourth-order valence-electron chi connectivity index (χ4n) is 3.27. The highest BCUT2D eigenvalue weighted by Crippen LogP contribution is 2.23. The van der Waals surface area contributed by atoms with Crippen molar-refractivity contribution >= 4 is 11.9 Å². The average molecular weight is 362 g/mol. The zero-order valence-corrected chi connectivity index (χ0v) is 15.8. The number of carbonyl (C=O) groups excluding carboxylic acids is 2. The zero-order valence-electron chi connectivity index (χ0n) is 15.8. The highest BCUT2D eigenvalue weighted by atomic mass is 16.5. The summed E-state index contributed by atoms with van der Waals surface area (Å²) in [4.78, 5) is 25.7. The second-order valence-electron chi connectivity index (χ2n) is 6.79. The minimum atomic E-state index is -0.302. The summed E-state index contributed by atoms with van der Waals surface area (Å²) >= 11 is 0. The molecule has 0 atom stereocenters. The van der Waals surface area contributed by atoms with E-state index in [1.165, 1.54) is 12.7 Å². The molecule has 1 aromatic rings. The van der Waals surface area contributed by atoms with E-state index < -0.39 is 0 Å². The number of likely N-dealkylation sites (tertiary alicyclic amines) is 1. The van der Waals surface area contributed by atoms with Gasteiger partial charge in [0.15, 0.2) is 0 Å². The monoisotopic (exact) mass is 362 g/mol. The first kappa shape index (κ1) is 20.4. The van der Waals surface area contributed by atoms with Gasteiger partial charge in [-0.05, 0) is 56.0 Å². The second-order valence-corrected chi connectivity index (χ2v) is 6.79. The third-order valence-corrected chi connectivity index (χ3v) is 4.90. The van der Waals surface area contributed by atoms with Crippen molar-refractivity contribution in [3.8, 4) is 0 Å². The predicted octanol–water partition coefficient (Wildman–Crippen LogP) is 2.23. The Kier molecular flexibility index (Phi) is 8.58. The van der Waals surface area contributed by atoms with Crippen LogP contribution in [0.5, 0.6) is 0 Å². The standard InChI is InChI=1S/C20H30N2O4/c1-25-14-11-21-19(23)8-5-16-9-12-22(13-10-16)15-17-3-6-18(7-4-17)20(24)26-2/h3-4,6-7,16H,5,8-15H2,1-2H3,(H,21,23). The SMILES string of the molecule is COCCNC(=O)CCC1CCN(Cc2ccc(C(=O)OC)cc2)CC1. The Balaban J connectivity index is 1.66. The molecule has 6 heteroatoms. The summed E-state index contributed by atoms with van der Waals surface area (Å²) < 4.78 is 9.65. The largest absolute Gasteiger partial charge is 0.465 e. The summed E-state index contributed by atoms with van der Waals surface area (Å²) in [5, 5.41) is 2.87. The average Bonchev–Trinajstić information content (AvgIpc) is 2.67. The van der Waals surface area contributed by atoms with Crippen molar-refractivity contribution in [2.24, 2.45) is 5.92 Å². The van der Waals surface area contributed by atoms with Gasteiger partial charge in [-0.2, -0.15) is 0 Å². The number of esters is 1. The van der Waals surface area contributed by atoms with Crippen molar-refractivity contribution in [1.29, 1.82) is 0 Å². The van der Waals surface area contributed by atoms with Crippen LogP contribution in [0.2, 0.25) is 0 Å². The Hall–Kier alpha value is -1.92. The highest BCUT2D eigenvalue weighted by Gasteiger charge is 2.20. The molecular weight excluding hydrogens is 332 g/mol. The van der Waals surface area contributed by atoms with Gasteiger partial charge in [-0.15, -0.1) is 0 Å². The van der Waals surface area contributed by atoms with E-state index in [1.807, 2.05) is 24.3 Å². The van der Waals surface area contributed by atoms with E-state index in [1.54, 1.807) is 7.11 Å². The molecule has 0 aliphatic carbocycles. The number of carbonyl (C=O) groups is 2. The Morgan fingerprint density at radius 1 is 1.15 bits per heavy atom. The van der Waals surface area contributed by atoms with Crippen LogP contribution in [0.15, 0.2) is 24.3 Å². The molecule has 0 spiro atoms. The van der Waals surface area contributed by atoms with Gasteiger partial charge in [-0.25, -0.2) is 4.79 Å². The number of benzene rings is 1. The quantitative estimate of drug-likeness (QED) is 0.539. The molecule has 0 saturated carbocycles. The predicted molar refractivity (Wildman–Crippen MR) is 99.9 cm³/mol. The van der Waals surface area contributed by atoms with Crippen molar-refractivity contribution in [1.82, 2.24) is 10.2 Å². The first-order valence-electron chi connectivity index (χ1n) is 9.27. The molecule has 0 radical (unpaired) electrons. The highest BCUT2D eigenvalue weighted by molar-refractivity contribution is 5.89. The summed E-state index contributed by atoms with van der Waals surface area (Å²) in [6.07, 6.45) is 3.82. The van der Waals surface area contributed by atoms with Crippen LogP contribution in [0.25, 0.3) is 0 Å². The van der Waals surface area contributed by atoms with E-state index in [0.717, 1.165) is 38.9 Å². The summed E-state index contributed by atoms with van der Waals surface area (Å²) in [7, 11) is 3.02. The summed E-state index contributed by atoms with van der Waals surface area (Å²) in [5.41, 5.74) is 1.78. The molecule has 1 aromatic carbocycles. The van der Waals surface area contributed by atoms with Crippen LogP contribution in [-0.2, 0) is 20.8 Å². The van der Waals surface area contributed by atoms with Crippen molar-refractivity contribution in [2.75, 3.05) is 40.5 Å². The Morgan fingerprint density at radius 3 is 2.46 bits per heavy atom. The molecule has 1 aliphatic rings. The van der Waals surface area contributed by atoms with Crippen LogP contribution >= 0.6 is 0 Å². The van der Waals surface area contributed by atoms with Crippen LogP contribution in [0.3, 0.4) is 0 Å². The first-order valence-corrected chi connectivity index (χ1v) is 9.27. The fraction of sp³-hybridized carbons (Fsp3) is 0.600. The molecule has 1 aliphatic heterocycles. The molecule has 2 rings (SSSR count). The Labute approximate surface area is 155 Å². The van der Waals surface area contributed by atoms with Crippen molar-refractivity contribution in [3.63, 3.8) is 0 Å². The first-order chi connectivity index (χ1) is 12.6. The molecule has 6 nitrogen and oxygen atoms in total. The molecule has 0 unspecified atom stereocenters. The van der Waals surface area contributed by atoms with E-state index in [4.69, 9.17) is 9.47 Å². The van der Waals surface area contributed by atoms with Gasteiger partial charge < -0.3 is 14.8 Å². The molecule has 1 amide bonds. The molecule has 1 fully saturated rings. The van der Waals surface area contributed by atoms with Gasteiger partial charge in [0.2, 0.25) is 5.91 Å². The molecular formula is C20H30N2O4. The summed E-state index contributed by atoms with van der Waals surface area (Å²) in [6.45, 7) is 4.14. The molecule has 26 heavy (non-hydrogen) atoms. The van der Waals surface area contributed by atoms with Crippen molar-refractivity contribution < 1.29 is 19.1 Å². The van der Waals surface area contributed by atoms with E-state index in [-0.39, 0.29) is 11.9 Å². The van der Waals surface area contributed by atoms with Crippen LogP contribution in [-0.4, -0.2) is 57.2 Å². The third kappa shape index (κ3) is 6.77. The second kappa shape index (κ2) is 10.9. The lowest BCUT2D eigenvalue weighted by Gasteiger charge is -2.32. The van der Waals surface area contributed by atoms with Gasteiger partial charge in [0, 0.05) is 26.6 Å². The number of piperidine rings is 1. The van der Waals surface area contributed by atoms with E-state index in [0.29, 0.717) is 31.1 Å². The molecule has 1 heterocycles. The van der Waals surface area contributed by atoms with E-state index in [9.17, 15) is 9.59 Å². The number of amides is 1. The lowest BCUT2D eigenvalue weighted by Crippen LogP contribution is -2.34. The number of hydrogen-bond acceptors (Lipinski definition) is 5. The van der Waals surface area contributed by atoms with Crippen molar-refractivity contribution in [2.45, 2.75) is 32.2 Å². The van der Waals surface area contributed by atoms with Gasteiger partial charge >= 0.3 is 5.97 Å². The number of nitrogens with zero attached hydrogens (tertiary/aromatic N) is 1. The van der Waals surface area contributed by atoms with Crippen molar-refractivity contribution in [3.05, 3.63) is 35.4 Å². The third-order valence-electron chi connectivity index (χ3n) is 4.90. The molecule has 0 bridgehead atoms. The number of ether oxygens (including phenoxy) is 2. The van der Waals surface area contributed by atoms with Gasteiger partial charge in [0.25, 0.3) is 0 Å². The van der Waals surface area contributed by atoms with Gasteiger partial charge in [0.05, 0.1) is 19.3 Å². The van der Waals surface area contributed by atoms with Crippen LogP contribution < -0.4 is 5.32 Å². The lowest BCUT2D eigenvalue weighted by atomic mass is 9.92. The molecule has 144 valence electrons. The van der Waals surface area contributed by atoms with Gasteiger partial charge in [-0.1, -0.05) is 12.1 Å². The Bertz CT molecular complexity index is 566. The van der Waals surface area contributed by atoms with Crippen LogP contribution in [0.1, 0.15) is 41.6 Å². The minimum Gasteiger partial charge on any atom is -0.465 e. The normalized spacial score (nSPS) is 15.6. The van der Waals surface area contributed by atoms with Crippen LogP contribution in [0.4, 0.5) is 0 Å². The molecule has 0 aromatic heterocycles. The minimum absolute atomic E-state index is 0.121. The number of methoxy groups -OCH3 is 2. The van der Waals surface area contributed by atoms with Gasteiger partial charge in [0.1, 0.15) is 0 Å². The smallest absolute Gasteiger partial charge is 0.337 e. The number of nitrogens with one attached hydrogen (secondary N) is 1. The Morgan fingerprint density at radius 2 is 1.85 bits per heavy atom. The summed E-state index contributed by atoms with van der Waals surface area (Å²) in [5.74, 6) is 0.444. The lowest BCUT2D eigenvalue weighted by molar-refractivity contribution is -0.121. The fourth-order valence-corrected chi connectivity index (χ4v) is 3.27. The van der Waals surface area contributed by atoms with Gasteiger partial charge in [-0.3, -0.25) is 9.69 Å². The zero-order chi connectivity index (χ0) is 18.8. The maximum absolute atomic E-state index is 11.8. The van der Waals surface area contributed by atoms with E-state index >= 15 is 0 Å². The van der Waals surface area contributed by atoms with E-state index in [2.05, 4.69) is 10.2 Å². The topological polar surface area (TPSA) is 67.9 Å². The number of rotatable bonds is 9. The molecule has 1 N–H and O–H groups in total. The number of hydrogen-bond donors (Lipinski definition) is 1. The summed E-state index contributed by atoms with van der Waals surface area (Å²) in [6, 6.07) is 7.61. The maximum Gasteiger partial charge on any atom is 0.337 e. The van der Waals surface area contributed by atoms with Crippen LogP contribution in [0, 0.1) is 5.92 Å². The molecule has 1 saturated heterocycles.